The number of hydrogen-bond acceptors (Lipinski definition) is 2. The molecule has 0 radical (unpaired) electrons. The van der Waals surface area contributed by atoms with Gasteiger partial charge in [-0.05, 0) is 64.3 Å². The van der Waals surface area contributed by atoms with Crippen molar-refractivity contribution in [1.82, 2.24) is 5.32 Å². The Labute approximate surface area is 140 Å². The third kappa shape index (κ3) is 3.20. The number of carbonyl (C=O) groups excluding carboxylic acids is 1. The molecule has 108 valence electrons. The Kier molecular flexibility index (Phi) is 4.42. The molecule has 21 heavy (non-hydrogen) atoms. The topological polar surface area (TPSA) is 41.1 Å². The molecule has 0 bridgehead atoms. The largest absolute Gasteiger partial charge is 0.322 e. The summed E-state index contributed by atoms with van der Waals surface area (Å²) in [5.74, 6) is -0.0960. The maximum absolute atomic E-state index is 12.5. The Morgan fingerprint density at radius 3 is 2.86 bits per heavy atom. The number of anilines is 1. The number of carbonyl (C=O) groups is 1. The average molecular weight is 410 g/mol. The lowest BCUT2D eigenvalue weighted by Gasteiger charge is -2.20. The van der Waals surface area contributed by atoms with Gasteiger partial charge in [0.15, 0.2) is 0 Å². The molecule has 1 amide bonds. The van der Waals surface area contributed by atoms with Crippen molar-refractivity contribution in [2.75, 3.05) is 11.9 Å². The van der Waals surface area contributed by atoms with Gasteiger partial charge in [-0.1, -0.05) is 28.1 Å². The summed E-state index contributed by atoms with van der Waals surface area (Å²) in [6.07, 6.45) is 0.938. The normalized spacial score (nSPS) is 13.6. The molecule has 2 aromatic carbocycles. The van der Waals surface area contributed by atoms with Crippen molar-refractivity contribution < 1.29 is 4.79 Å². The van der Waals surface area contributed by atoms with E-state index >= 15 is 0 Å². The van der Waals surface area contributed by atoms with Crippen molar-refractivity contribution in [3.8, 4) is 0 Å². The highest BCUT2D eigenvalue weighted by atomic mass is 79.9. The van der Waals surface area contributed by atoms with Crippen molar-refractivity contribution in [2.24, 2.45) is 0 Å². The molecule has 0 atom stereocenters. The number of amides is 1. The Hall–Kier alpha value is -1.17. The van der Waals surface area contributed by atoms with Crippen LogP contribution in [0.15, 0.2) is 45.3 Å². The summed E-state index contributed by atoms with van der Waals surface area (Å²) in [6, 6.07) is 11.6. The van der Waals surface area contributed by atoms with Gasteiger partial charge in [0.2, 0.25) is 0 Å². The Morgan fingerprint density at radius 1 is 1.19 bits per heavy atom. The van der Waals surface area contributed by atoms with Gasteiger partial charge >= 0.3 is 0 Å². The molecule has 1 aliphatic rings. The van der Waals surface area contributed by atoms with Gasteiger partial charge in [-0.3, -0.25) is 4.79 Å². The van der Waals surface area contributed by atoms with Gasteiger partial charge in [-0.25, -0.2) is 0 Å². The minimum absolute atomic E-state index is 0.0960. The summed E-state index contributed by atoms with van der Waals surface area (Å²) >= 11 is 6.83. The fraction of sp³-hybridized carbons (Fsp3) is 0.188. The smallest absolute Gasteiger partial charge is 0.256 e. The van der Waals surface area contributed by atoms with Gasteiger partial charge in [0.1, 0.15) is 0 Å². The first-order valence-corrected chi connectivity index (χ1v) is 8.31. The summed E-state index contributed by atoms with van der Waals surface area (Å²) < 4.78 is 1.72. The molecule has 0 aromatic heterocycles. The van der Waals surface area contributed by atoms with Crippen LogP contribution in [0.25, 0.3) is 0 Å². The van der Waals surface area contributed by atoms with Crippen LogP contribution in [0.2, 0.25) is 0 Å². The molecule has 0 unspecified atom stereocenters. The highest BCUT2D eigenvalue weighted by molar-refractivity contribution is 9.11. The van der Waals surface area contributed by atoms with Crippen molar-refractivity contribution in [2.45, 2.75) is 13.0 Å². The van der Waals surface area contributed by atoms with Crippen LogP contribution in [0, 0.1) is 0 Å². The zero-order chi connectivity index (χ0) is 14.8. The molecule has 1 heterocycles. The Bertz CT molecular complexity index is 701. The third-order valence-electron chi connectivity index (χ3n) is 3.56. The van der Waals surface area contributed by atoms with Gasteiger partial charge in [0, 0.05) is 21.2 Å². The summed E-state index contributed by atoms with van der Waals surface area (Å²) in [6.45, 7) is 1.81. The number of nitrogens with one attached hydrogen (secondary N) is 2. The number of rotatable bonds is 2. The lowest BCUT2D eigenvalue weighted by molar-refractivity contribution is 0.102. The third-order valence-corrected chi connectivity index (χ3v) is 4.71. The van der Waals surface area contributed by atoms with Crippen molar-refractivity contribution >= 4 is 43.5 Å². The molecule has 1 aliphatic heterocycles. The second-order valence-electron chi connectivity index (χ2n) is 4.95. The van der Waals surface area contributed by atoms with Crippen molar-refractivity contribution in [3.05, 3.63) is 62.0 Å². The Morgan fingerprint density at radius 2 is 2.05 bits per heavy atom. The van der Waals surface area contributed by atoms with E-state index in [0.29, 0.717) is 5.56 Å². The predicted octanol–water partition coefficient (Wildman–Crippen LogP) is 4.11. The van der Waals surface area contributed by atoms with E-state index in [1.807, 2.05) is 24.3 Å². The lowest BCUT2D eigenvalue weighted by Crippen LogP contribution is -2.25. The number of hydrogen-bond donors (Lipinski definition) is 2. The fourth-order valence-electron chi connectivity index (χ4n) is 2.51. The van der Waals surface area contributed by atoms with Gasteiger partial charge < -0.3 is 10.6 Å². The highest BCUT2D eigenvalue weighted by Gasteiger charge is 2.16. The second kappa shape index (κ2) is 6.30. The van der Waals surface area contributed by atoms with E-state index in [0.717, 1.165) is 34.1 Å². The van der Waals surface area contributed by atoms with Crippen LogP contribution in [0.5, 0.6) is 0 Å². The maximum Gasteiger partial charge on any atom is 0.256 e. The van der Waals surface area contributed by atoms with Gasteiger partial charge in [0.25, 0.3) is 5.91 Å². The molecule has 3 nitrogen and oxygen atoms in total. The molecule has 5 heteroatoms. The van der Waals surface area contributed by atoms with Crippen LogP contribution >= 0.6 is 31.9 Å². The molecule has 2 N–H and O–H groups in total. The molecule has 0 aliphatic carbocycles. The number of halogens is 2. The lowest BCUT2D eigenvalue weighted by atomic mass is 9.99. The van der Waals surface area contributed by atoms with Crippen molar-refractivity contribution in [3.63, 3.8) is 0 Å². The molecule has 0 saturated carbocycles. The molecular formula is C16H14Br2N2O. The van der Waals surface area contributed by atoms with Crippen LogP contribution in [0.1, 0.15) is 21.5 Å². The van der Waals surface area contributed by atoms with E-state index in [1.54, 1.807) is 6.07 Å². The first-order valence-electron chi connectivity index (χ1n) is 6.73. The van der Waals surface area contributed by atoms with E-state index in [-0.39, 0.29) is 5.91 Å². The van der Waals surface area contributed by atoms with Crippen LogP contribution in [-0.2, 0) is 13.0 Å². The van der Waals surface area contributed by atoms with Crippen LogP contribution < -0.4 is 10.6 Å². The molecular weight excluding hydrogens is 396 g/mol. The van der Waals surface area contributed by atoms with E-state index in [4.69, 9.17) is 0 Å². The quantitative estimate of drug-likeness (QED) is 0.783. The maximum atomic E-state index is 12.5. The van der Waals surface area contributed by atoms with E-state index in [1.165, 1.54) is 11.1 Å². The number of fused-ring (bicyclic) bond motifs is 1. The minimum Gasteiger partial charge on any atom is -0.322 e. The molecule has 0 spiro atoms. The van der Waals surface area contributed by atoms with Gasteiger partial charge in [-0.2, -0.15) is 0 Å². The Balaban J connectivity index is 1.88. The van der Waals surface area contributed by atoms with E-state index < -0.39 is 0 Å². The fourth-order valence-corrected chi connectivity index (χ4v) is 3.74. The van der Waals surface area contributed by atoms with Crippen molar-refractivity contribution in [1.29, 1.82) is 0 Å². The van der Waals surface area contributed by atoms with Crippen LogP contribution in [0.3, 0.4) is 0 Å². The molecule has 0 saturated heterocycles. The molecule has 3 rings (SSSR count). The SMILES string of the molecule is O=C(Nc1cccc2c1CCNC2)c1ccc(Br)cc1Br. The predicted molar refractivity (Wildman–Crippen MR) is 91.6 cm³/mol. The minimum atomic E-state index is -0.0960. The summed E-state index contributed by atoms with van der Waals surface area (Å²) in [5, 5.41) is 6.38. The first kappa shape index (κ1) is 14.8. The monoisotopic (exact) mass is 408 g/mol. The molecule has 0 fully saturated rings. The summed E-state index contributed by atoms with van der Waals surface area (Å²) in [4.78, 5) is 12.5. The highest BCUT2D eigenvalue weighted by Crippen LogP contribution is 2.26. The van der Waals surface area contributed by atoms with Gasteiger partial charge in [0.05, 0.1) is 5.56 Å². The van der Waals surface area contributed by atoms with Crippen LogP contribution in [-0.4, -0.2) is 12.5 Å². The zero-order valence-corrected chi connectivity index (χ0v) is 14.4. The number of benzene rings is 2. The van der Waals surface area contributed by atoms with Gasteiger partial charge in [-0.15, -0.1) is 0 Å². The summed E-state index contributed by atoms with van der Waals surface area (Å²) in [7, 11) is 0. The van der Waals surface area contributed by atoms with Crippen LogP contribution in [0.4, 0.5) is 5.69 Å². The summed E-state index contributed by atoms with van der Waals surface area (Å²) in [5.41, 5.74) is 4.03. The zero-order valence-electron chi connectivity index (χ0n) is 11.2. The second-order valence-corrected chi connectivity index (χ2v) is 6.72. The standard InChI is InChI=1S/C16H14Br2N2O/c17-11-4-5-13(14(18)8-11)16(21)20-15-3-1-2-10-9-19-7-6-12(10)15/h1-5,8,19H,6-7,9H2,(H,20,21). The average Bonchev–Trinajstić information content (AvgIpc) is 2.47. The van der Waals surface area contributed by atoms with E-state index in [2.05, 4.69) is 48.6 Å². The van der Waals surface area contributed by atoms with E-state index in [9.17, 15) is 4.79 Å². The molecule has 2 aromatic rings. The first-order chi connectivity index (χ1) is 10.1.